The summed E-state index contributed by atoms with van der Waals surface area (Å²) in [6.07, 6.45) is 5.06. The molecule has 0 saturated heterocycles. The van der Waals surface area contributed by atoms with Crippen LogP contribution >= 0.6 is 11.6 Å². The van der Waals surface area contributed by atoms with E-state index in [-0.39, 0.29) is 5.78 Å². The number of fused-ring (bicyclic) bond motifs is 2. The zero-order chi connectivity index (χ0) is 11.8. The number of carbonyl (C=O) groups is 1. The van der Waals surface area contributed by atoms with E-state index in [2.05, 4.69) is 4.98 Å². The third-order valence-electron chi connectivity index (χ3n) is 3.15. The molecule has 1 aliphatic rings. The van der Waals surface area contributed by atoms with Gasteiger partial charge in [-0.1, -0.05) is 23.7 Å². The Morgan fingerprint density at radius 2 is 1.94 bits per heavy atom. The number of hydrogen-bond donors (Lipinski definition) is 0. The zero-order valence-corrected chi connectivity index (χ0v) is 9.87. The van der Waals surface area contributed by atoms with Crippen LogP contribution in [0.3, 0.4) is 0 Å². The first-order chi connectivity index (χ1) is 8.27. The van der Waals surface area contributed by atoms with Gasteiger partial charge in [-0.3, -0.25) is 9.78 Å². The minimum atomic E-state index is -0.00815. The lowest BCUT2D eigenvalue weighted by Crippen LogP contribution is -2.05. The van der Waals surface area contributed by atoms with Crippen molar-refractivity contribution in [2.24, 2.45) is 0 Å². The van der Waals surface area contributed by atoms with Crippen LogP contribution in [0.4, 0.5) is 0 Å². The molecule has 84 valence electrons. The molecule has 0 atom stereocenters. The summed E-state index contributed by atoms with van der Waals surface area (Å²) >= 11 is 6.13. The van der Waals surface area contributed by atoms with Gasteiger partial charge in [0.25, 0.3) is 0 Å². The first-order valence-electron chi connectivity index (χ1n) is 5.52. The van der Waals surface area contributed by atoms with Crippen molar-refractivity contribution in [1.82, 2.24) is 4.98 Å². The quantitative estimate of drug-likeness (QED) is 0.712. The Morgan fingerprint density at radius 3 is 2.82 bits per heavy atom. The summed E-state index contributed by atoms with van der Waals surface area (Å²) in [7, 11) is 0. The zero-order valence-electron chi connectivity index (χ0n) is 9.11. The molecule has 0 aliphatic heterocycles. The van der Waals surface area contributed by atoms with E-state index in [1.807, 2.05) is 18.2 Å². The second-order valence-electron chi connectivity index (χ2n) is 4.14. The molecule has 0 amide bonds. The van der Waals surface area contributed by atoms with Crippen LogP contribution in [0.25, 0.3) is 0 Å². The van der Waals surface area contributed by atoms with Crippen molar-refractivity contribution in [3.8, 4) is 0 Å². The fourth-order valence-electron chi connectivity index (χ4n) is 2.28. The van der Waals surface area contributed by atoms with Crippen LogP contribution < -0.4 is 0 Å². The summed E-state index contributed by atoms with van der Waals surface area (Å²) in [6, 6.07) is 7.54. The number of rotatable bonds is 0. The van der Waals surface area contributed by atoms with E-state index in [4.69, 9.17) is 11.6 Å². The van der Waals surface area contributed by atoms with Crippen LogP contribution in [-0.4, -0.2) is 10.8 Å². The largest absolute Gasteiger partial charge is 0.288 e. The molecule has 1 aromatic carbocycles. The molecule has 1 heterocycles. The Bertz CT molecular complexity index is 607. The number of benzene rings is 1. The van der Waals surface area contributed by atoms with Gasteiger partial charge in [0.1, 0.15) is 0 Å². The molecule has 0 unspecified atom stereocenters. The maximum Gasteiger partial charge on any atom is 0.196 e. The van der Waals surface area contributed by atoms with Gasteiger partial charge in [0.2, 0.25) is 0 Å². The number of ketones is 1. The molecule has 2 nitrogen and oxygen atoms in total. The maximum atomic E-state index is 12.4. The van der Waals surface area contributed by atoms with Crippen molar-refractivity contribution in [2.45, 2.75) is 12.8 Å². The molecule has 17 heavy (non-hydrogen) atoms. The summed E-state index contributed by atoms with van der Waals surface area (Å²) in [5.41, 5.74) is 3.40. The molecule has 0 radical (unpaired) electrons. The minimum Gasteiger partial charge on any atom is -0.288 e. The lowest BCUT2D eigenvalue weighted by Gasteiger charge is -2.06. The van der Waals surface area contributed by atoms with Gasteiger partial charge in [0.15, 0.2) is 5.78 Å². The highest BCUT2D eigenvalue weighted by molar-refractivity contribution is 6.35. The van der Waals surface area contributed by atoms with Crippen molar-refractivity contribution in [1.29, 1.82) is 0 Å². The van der Waals surface area contributed by atoms with Crippen LogP contribution in [0, 0.1) is 0 Å². The van der Waals surface area contributed by atoms with E-state index in [1.165, 1.54) is 0 Å². The number of aromatic nitrogens is 1. The van der Waals surface area contributed by atoms with E-state index < -0.39 is 0 Å². The van der Waals surface area contributed by atoms with Crippen LogP contribution in [0.15, 0.2) is 36.7 Å². The highest BCUT2D eigenvalue weighted by atomic mass is 35.5. The van der Waals surface area contributed by atoms with Crippen LogP contribution in [-0.2, 0) is 12.8 Å². The smallest absolute Gasteiger partial charge is 0.196 e. The Balaban J connectivity index is 2.26. The SMILES string of the molecule is O=C1c2cnccc2CCc2cccc(Cl)c21. The standard InChI is InChI=1S/C14H10ClNO/c15-12-3-1-2-10-5-4-9-6-7-16-8-11(9)14(17)13(10)12/h1-3,6-8H,4-5H2. The summed E-state index contributed by atoms with van der Waals surface area (Å²) in [5, 5.41) is 0.532. The molecule has 0 saturated carbocycles. The van der Waals surface area contributed by atoms with Gasteiger partial charge in [0, 0.05) is 23.5 Å². The van der Waals surface area contributed by atoms with Crippen molar-refractivity contribution >= 4 is 17.4 Å². The first-order valence-corrected chi connectivity index (χ1v) is 5.90. The number of pyridine rings is 1. The molecule has 1 aliphatic carbocycles. The van der Waals surface area contributed by atoms with E-state index in [1.54, 1.807) is 18.5 Å². The van der Waals surface area contributed by atoms with Gasteiger partial charge < -0.3 is 0 Å². The molecular weight excluding hydrogens is 234 g/mol. The van der Waals surface area contributed by atoms with E-state index >= 15 is 0 Å². The second-order valence-corrected chi connectivity index (χ2v) is 4.54. The second kappa shape index (κ2) is 3.97. The van der Waals surface area contributed by atoms with Crippen LogP contribution in [0.1, 0.15) is 27.0 Å². The van der Waals surface area contributed by atoms with Crippen LogP contribution in [0.5, 0.6) is 0 Å². The summed E-state index contributed by atoms with van der Waals surface area (Å²) in [4.78, 5) is 16.5. The number of nitrogens with zero attached hydrogens (tertiary/aromatic N) is 1. The lowest BCUT2D eigenvalue weighted by atomic mass is 10.0. The molecule has 0 bridgehead atoms. The summed E-state index contributed by atoms with van der Waals surface area (Å²) in [6.45, 7) is 0. The monoisotopic (exact) mass is 243 g/mol. The van der Waals surface area contributed by atoms with E-state index in [0.29, 0.717) is 16.1 Å². The summed E-state index contributed by atoms with van der Waals surface area (Å²) in [5.74, 6) is -0.00815. The summed E-state index contributed by atoms with van der Waals surface area (Å²) < 4.78 is 0. The van der Waals surface area contributed by atoms with Crippen molar-refractivity contribution < 1.29 is 4.79 Å². The maximum absolute atomic E-state index is 12.4. The third-order valence-corrected chi connectivity index (χ3v) is 3.46. The Kier molecular flexibility index (Phi) is 2.45. The predicted molar refractivity (Wildman–Crippen MR) is 66.5 cm³/mol. The molecule has 2 aromatic rings. The molecule has 0 spiro atoms. The van der Waals surface area contributed by atoms with E-state index in [0.717, 1.165) is 24.0 Å². The van der Waals surface area contributed by atoms with E-state index in [9.17, 15) is 4.79 Å². The molecule has 3 heteroatoms. The average Bonchev–Trinajstić information content (AvgIpc) is 2.49. The van der Waals surface area contributed by atoms with Crippen molar-refractivity contribution in [3.63, 3.8) is 0 Å². The normalized spacial score (nSPS) is 13.8. The number of halogens is 1. The Labute approximate surface area is 104 Å². The van der Waals surface area contributed by atoms with Gasteiger partial charge >= 0.3 is 0 Å². The van der Waals surface area contributed by atoms with Gasteiger partial charge in [0.05, 0.1) is 5.02 Å². The molecule has 0 fully saturated rings. The fourth-order valence-corrected chi connectivity index (χ4v) is 2.56. The predicted octanol–water partition coefficient (Wildman–Crippen LogP) is 3.06. The van der Waals surface area contributed by atoms with Gasteiger partial charge in [-0.25, -0.2) is 0 Å². The van der Waals surface area contributed by atoms with Crippen molar-refractivity contribution in [3.05, 3.63) is 63.9 Å². The minimum absolute atomic E-state index is 0.00815. The highest BCUT2D eigenvalue weighted by Gasteiger charge is 2.23. The third kappa shape index (κ3) is 1.65. The Hall–Kier alpha value is -1.67. The number of aryl methyl sites for hydroxylation is 2. The van der Waals surface area contributed by atoms with Gasteiger partial charge in [-0.2, -0.15) is 0 Å². The van der Waals surface area contributed by atoms with Crippen molar-refractivity contribution in [2.75, 3.05) is 0 Å². The molecule has 3 rings (SSSR count). The topological polar surface area (TPSA) is 30.0 Å². The fraction of sp³-hybridized carbons (Fsp3) is 0.143. The Morgan fingerprint density at radius 1 is 1.12 bits per heavy atom. The molecule has 0 N–H and O–H groups in total. The first kappa shape index (κ1) is 10.5. The lowest BCUT2D eigenvalue weighted by molar-refractivity contribution is 0.103. The molecule has 1 aromatic heterocycles. The molecular formula is C14H10ClNO. The van der Waals surface area contributed by atoms with Gasteiger partial charge in [-0.05, 0) is 36.1 Å². The number of hydrogen-bond acceptors (Lipinski definition) is 2. The number of carbonyl (C=O) groups excluding carboxylic acids is 1. The van der Waals surface area contributed by atoms with Crippen LogP contribution in [0.2, 0.25) is 5.02 Å². The highest BCUT2D eigenvalue weighted by Crippen LogP contribution is 2.28. The van der Waals surface area contributed by atoms with Gasteiger partial charge in [-0.15, -0.1) is 0 Å². The average molecular weight is 244 g/mol.